The van der Waals surface area contributed by atoms with Crippen LogP contribution in [0.4, 0.5) is 0 Å². The molecule has 10 heavy (non-hydrogen) atoms. The number of rotatable bonds is 1. The van der Waals surface area contributed by atoms with Crippen LogP contribution in [0.1, 0.15) is 19.8 Å². The summed E-state index contributed by atoms with van der Waals surface area (Å²) in [6.07, 6.45) is 2.76. The maximum atomic E-state index is 6.00. The molecule has 1 atom stereocenters. The van der Waals surface area contributed by atoms with Gasteiger partial charge in [0.05, 0.1) is 0 Å². The lowest BCUT2D eigenvalue weighted by atomic mass is 10.0. The predicted molar refractivity (Wildman–Crippen MR) is 41.8 cm³/mol. The van der Waals surface area contributed by atoms with Crippen LogP contribution in [0.25, 0.3) is 0 Å². The van der Waals surface area contributed by atoms with Gasteiger partial charge < -0.3 is 10.6 Å². The molecule has 2 aliphatic rings. The second-order valence-corrected chi connectivity index (χ2v) is 3.80. The largest absolute Gasteiger partial charge is 0.326 e. The van der Waals surface area contributed by atoms with Crippen LogP contribution in [-0.2, 0) is 0 Å². The summed E-state index contributed by atoms with van der Waals surface area (Å²) in [6, 6.07) is 0.479. The number of hydrogen-bond acceptors (Lipinski definition) is 2. The lowest BCUT2D eigenvalue weighted by Gasteiger charge is -2.10. The van der Waals surface area contributed by atoms with Crippen molar-refractivity contribution >= 4 is 0 Å². The lowest BCUT2D eigenvalue weighted by Crippen LogP contribution is -2.30. The van der Waals surface area contributed by atoms with Gasteiger partial charge in [0.1, 0.15) is 0 Å². The highest BCUT2D eigenvalue weighted by molar-refractivity contribution is 5.08. The summed E-state index contributed by atoms with van der Waals surface area (Å²) in [7, 11) is 0. The highest BCUT2D eigenvalue weighted by Crippen LogP contribution is 2.51. The quantitative estimate of drug-likeness (QED) is 0.572. The molecule has 2 heteroatoms. The van der Waals surface area contributed by atoms with E-state index < -0.39 is 0 Å². The van der Waals surface area contributed by atoms with Gasteiger partial charge in [0.15, 0.2) is 0 Å². The first kappa shape index (κ1) is 6.62. The maximum absolute atomic E-state index is 6.00. The van der Waals surface area contributed by atoms with Crippen molar-refractivity contribution in [3.8, 4) is 0 Å². The topological polar surface area (TPSA) is 29.3 Å². The zero-order chi connectivity index (χ0) is 7.19. The minimum Gasteiger partial charge on any atom is -0.326 e. The van der Waals surface area contributed by atoms with Gasteiger partial charge in [-0.1, -0.05) is 6.92 Å². The smallest absolute Gasteiger partial charge is 0.0237 e. The van der Waals surface area contributed by atoms with Crippen molar-refractivity contribution in [3.05, 3.63) is 0 Å². The molecule has 0 aromatic rings. The van der Waals surface area contributed by atoms with Crippen molar-refractivity contribution in [1.29, 1.82) is 0 Å². The fourth-order valence-electron chi connectivity index (χ4n) is 2.03. The van der Waals surface area contributed by atoms with Gasteiger partial charge in [0, 0.05) is 19.1 Å². The Labute approximate surface area is 62.4 Å². The number of likely N-dealkylation sites (N-methyl/N-ethyl adjacent to an activating group) is 1. The van der Waals surface area contributed by atoms with Crippen LogP contribution in [0.15, 0.2) is 0 Å². The molecule has 1 aliphatic heterocycles. The van der Waals surface area contributed by atoms with E-state index in [2.05, 4.69) is 11.8 Å². The molecule has 1 saturated heterocycles. The average Bonchev–Trinajstić information content (AvgIpc) is 2.60. The molecule has 1 aliphatic carbocycles. The standard InChI is InChI=1S/C8H16N2/c1-2-10-5-7(9)8(6-10)3-4-8/h7H,2-6,9H2,1H3. The Morgan fingerprint density at radius 1 is 1.60 bits per heavy atom. The monoisotopic (exact) mass is 140 g/mol. The highest BCUT2D eigenvalue weighted by atomic mass is 15.2. The van der Waals surface area contributed by atoms with E-state index in [0.29, 0.717) is 11.5 Å². The molecule has 0 amide bonds. The molecule has 0 radical (unpaired) electrons. The summed E-state index contributed by atoms with van der Waals surface area (Å²) in [4.78, 5) is 2.47. The molecule has 58 valence electrons. The van der Waals surface area contributed by atoms with E-state index in [-0.39, 0.29) is 0 Å². The fraction of sp³-hybridized carbons (Fsp3) is 1.00. The third kappa shape index (κ3) is 0.789. The van der Waals surface area contributed by atoms with Gasteiger partial charge in [-0.25, -0.2) is 0 Å². The van der Waals surface area contributed by atoms with E-state index in [1.807, 2.05) is 0 Å². The summed E-state index contributed by atoms with van der Waals surface area (Å²) >= 11 is 0. The molecule has 1 heterocycles. The molecule has 1 saturated carbocycles. The van der Waals surface area contributed by atoms with Gasteiger partial charge in [-0.15, -0.1) is 0 Å². The van der Waals surface area contributed by atoms with Crippen LogP contribution in [-0.4, -0.2) is 30.6 Å². The van der Waals surface area contributed by atoms with E-state index in [4.69, 9.17) is 5.73 Å². The summed E-state index contributed by atoms with van der Waals surface area (Å²) < 4.78 is 0. The number of hydrogen-bond donors (Lipinski definition) is 1. The van der Waals surface area contributed by atoms with Crippen molar-refractivity contribution in [1.82, 2.24) is 4.90 Å². The summed E-state index contributed by atoms with van der Waals surface area (Å²) in [5, 5.41) is 0. The van der Waals surface area contributed by atoms with Crippen molar-refractivity contribution in [2.45, 2.75) is 25.8 Å². The van der Waals surface area contributed by atoms with Crippen molar-refractivity contribution in [2.75, 3.05) is 19.6 Å². The van der Waals surface area contributed by atoms with E-state index in [9.17, 15) is 0 Å². The van der Waals surface area contributed by atoms with Gasteiger partial charge in [0.25, 0.3) is 0 Å². The molecular weight excluding hydrogens is 124 g/mol. The summed E-state index contributed by atoms with van der Waals surface area (Å²) in [5.74, 6) is 0. The lowest BCUT2D eigenvalue weighted by molar-refractivity contribution is 0.337. The summed E-state index contributed by atoms with van der Waals surface area (Å²) in [5.41, 5.74) is 6.58. The first-order chi connectivity index (χ1) is 4.77. The Morgan fingerprint density at radius 2 is 2.30 bits per heavy atom. The van der Waals surface area contributed by atoms with E-state index >= 15 is 0 Å². The van der Waals surface area contributed by atoms with Gasteiger partial charge in [-0.2, -0.15) is 0 Å². The average molecular weight is 140 g/mol. The predicted octanol–water partition coefficient (Wildman–Crippen LogP) is 0.429. The van der Waals surface area contributed by atoms with Gasteiger partial charge in [-0.05, 0) is 24.8 Å². The normalized spacial score (nSPS) is 37.2. The molecule has 2 nitrogen and oxygen atoms in total. The molecule has 2 rings (SSSR count). The van der Waals surface area contributed by atoms with E-state index in [1.54, 1.807) is 0 Å². The maximum Gasteiger partial charge on any atom is 0.0237 e. The van der Waals surface area contributed by atoms with Crippen LogP contribution < -0.4 is 5.73 Å². The Hall–Kier alpha value is -0.0800. The molecule has 1 spiro atoms. The Morgan fingerprint density at radius 3 is 2.60 bits per heavy atom. The van der Waals surface area contributed by atoms with Crippen LogP contribution >= 0.6 is 0 Å². The Kier molecular flexibility index (Phi) is 1.29. The van der Waals surface area contributed by atoms with Gasteiger partial charge >= 0.3 is 0 Å². The number of likely N-dealkylation sites (tertiary alicyclic amines) is 1. The van der Waals surface area contributed by atoms with Crippen molar-refractivity contribution in [2.24, 2.45) is 11.1 Å². The van der Waals surface area contributed by atoms with Gasteiger partial charge in [0.2, 0.25) is 0 Å². The van der Waals surface area contributed by atoms with Crippen molar-refractivity contribution < 1.29 is 0 Å². The van der Waals surface area contributed by atoms with E-state index in [0.717, 1.165) is 6.54 Å². The Balaban J connectivity index is 2.01. The second kappa shape index (κ2) is 1.95. The summed E-state index contributed by atoms with van der Waals surface area (Å²) in [6.45, 7) is 5.80. The van der Waals surface area contributed by atoms with Crippen LogP contribution in [0.5, 0.6) is 0 Å². The first-order valence-corrected chi connectivity index (χ1v) is 4.25. The fourth-order valence-corrected chi connectivity index (χ4v) is 2.03. The first-order valence-electron chi connectivity index (χ1n) is 4.25. The molecule has 2 N–H and O–H groups in total. The Bertz CT molecular complexity index is 140. The zero-order valence-corrected chi connectivity index (χ0v) is 6.64. The molecule has 1 unspecified atom stereocenters. The molecule has 2 fully saturated rings. The minimum absolute atomic E-state index is 0.479. The third-order valence-corrected chi connectivity index (χ3v) is 3.12. The number of nitrogens with zero attached hydrogens (tertiary/aromatic N) is 1. The molecule has 0 aromatic heterocycles. The van der Waals surface area contributed by atoms with Gasteiger partial charge in [-0.3, -0.25) is 0 Å². The third-order valence-electron chi connectivity index (χ3n) is 3.12. The SMILES string of the molecule is CCN1CC(N)C2(CC2)C1. The molecule has 0 aromatic carbocycles. The van der Waals surface area contributed by atoms with E-state index in [1.165, 1.54) is 25.9 Å². The second-order valence-electron chi connectivity index (χ2n) is 3.80. The minimum atomic E-state index is 0.479. The van der Waals surface area contributed by atoms with Crippen LogP contribution in [0, 0.1) is 5.41 Å². The zero-order valence-electron chi connectivity index (χ0n) is 6.64. The number of nitrogens with two attached hydrogens (primary N) is 1. The van der Waals surface area contributed by atoms with Crippen LogP contribution in [0.3, 0.4) is 0 Å². The van der Waals surface area contributed by atoms with Crippen LogP contribution in [0.2, 0.25) is 0 Å². The van der Waals surface area contributed by atoms with Crippen molar-refractivity contribution in [3.63, 3.8) is 0 Å². The highest BCUT2D eigenvalue weighted by Gasteiger charge is 2.52. The molecule has 0 bridgehead atoms. The molecular formula is C8H16N2.